The zero-order valence-electron chi connectivity index (χ0n) is 18.5. The smallest absolute Gasteiger partial charge is 0.463 e. The zero-order valence-corrected chi connectivity index (χ0v) is 18.5. The number of guanidine groups is 1. The second kappa shape index (κ2) is 15.8. The molecule has 180 valence electrons. The highest BCUT2D eigenvalue weighted by molar-refractivity contribution is 6.43. The zero-order chi connectivity index (χ0) is 24.7. The highest BCUT2D eigenvalue weighted by Gasteiger charge is 2.29. The van der Waals surface area contributed by atoms with Gasteiger partial charge in [0.2, 0.25) is 5.91 Å². The third kappa shape index (κ3) is 14.1. The fraction of sp³-hybridized carbons (Fsp3) is 0.667. The van der Waals surface area contributed by atoms with Crippen LogP contribution in [0, 0.1) is 22.0 Å². The number of nitrogens with two attached hydrogens (primary N) is 1. The van der Waals surface area contributed by atoms with Gasteiger partial charge < -0.3 is 25.8 Å². The normalized spacial score (nSPS) is 13.5. The van der Waals surface area contributed by atoms with Gasteiger partial charge in [-0.3, -0.25) is 9.59 Å². The molecule has 32 heavy (non-hydrogen) atoms. The molecule has 0 bridgehead atoms. The molecule has 1 amide bonds. The maximum atomic E-state index is 12.7. The lowest BCUT2D eigenvalue weighted by molar-refractivity contribution is -0.525. The topological polar surface area (TPSA) is 206 Å². The SMILES string of the molecule is CCOC(=O)/C=C/C(=O)C[C@@H](CCCN=C(N)N[N+](=O)[O-])C(=O)N[C@@H](CC(C)C)B(O)O. The Balaban J connectivity index is 5.18. The number of carbonyl (C=O) groups excluding carboxylic acids is 3. The first-order valence-electron chi connectivity index (χ1n) is 10.2. The van der Waals surface area contributed by atoms with Crippen LogP contribution < -0.4 is 16.5 Å². The number of esters is 1. The Morgan fingerprint density at radius 1 is 1.28 bits per heavy atom. The van der Waals surface area contributed by atoms with E-state index in [1.165, 1.54) is 0 Å². The van der Waals surface area contributed by atoms with E-state index in [0.717, 1.165) is 12.2 Å². The number of rotatable bonds is 15. The molecule has 14 heteroatoms. The summed E-state index contributed by atoms with van der Waals surface area (Å²) in [5.74, 6) is -3.87. The molecule has 0 aliphatic carbocycles. The monoisotopic (exact) mass is 457 g/mol. The molecule has 0 heterocycles. The van der Waals surface area contributed by atoms with Crippen molar-refractivity contribution < 1.29 is 34.2 Å². The lowest BCUT2D eigenvalue weighted by Crippen LogP contribution is -2.49. The molecule has 0 aromatic carbocycles. The van der Waals surface area contributed by atoms with Crippen LogP contribution >= 0.6 is 0 Å². The molecule has 0 rings (SSSR count). The second-order valence-corrected chi connectivity index (χ2v) is 7.39. The van der Waals surface area contributed by atoms with Gasteiger partial charge in [0.25, 0.3) is 5.96 Å². The Hall–Kier alpha value is -3.00. The van der Waals surface area contributed by atoms with Crippen molar-refractivity contribution in [3.05, 3.63) is 22.3 Å². The van der Waals surface area contributed by atoms with Crippen LogP contribution in [0.5, 0.6) is 0 Å². The van der Waals surface area contributed by atoms with Crippen molar-refractivity contribution in [2.75, 3.05) is 13.2 Å². The van der Waals surface area contributed by atoms with Gasteiger partial charge in [0.15, 0.2) is 10.8 Å². The van der Waals surface area contributed by atoms with Crippen molar-refractivity contribution in [3.8, 4) is 0 Å². The standard InChI is InChI=1S/C18H32BN5O8/c1-4-32-16(26)8-7-14(25)11-13(6-5-9-21-18(20)23-24(30)31)17(27)22-15(19(28)29)10-12(2)3/h7-8,12-13,15,28-29H,4-6,9-11H2,1-3H3,(H,22,27)(H3,20,21,23)/b8-7+/t13-,15+/m1/s1. The average Bonchev–Trinajstić information content (AvgIpc) is 2.67. The number of nitrogens with one attached hydrogen (secondary N) is 2. The van der Waals surface area contributed by atoms with E-state index in [-0.39, 0.29) is 38.3 Å². The molecule has 2 atom stereocenters. The van der Waals surface area contributed by atoms with Crippen molar-refractivity contribution in [2.45, 2.75) is 52.4 Å². The Morgan fingerprint density at radius 3 is 2.47 bits per heavy atom. The first-order chi connectivity index (χ1) is 15.0. The van der Waals surface area contributed by atoms with Gasteiger partial charge in [0.05, 0.1) is 12.5 Å². The summed E-state index contributed by atoms with van der Waals surface area (Å²) in [4.78, 5) is 50.4. The number of amides is 1. The summed E-state index contributed by atoms with van der Waals surface area (Å²) in [6.45, 7) is 5.53. The third-order valence-electron chi connectivity index (χ3n) is 4.12. The van der Waals surface area contributed by atoms with E-state index < -0.39 is 47.6 Å². The van der Waals surface area contributed by atoms with Crippen LogP contribution in [0.15, 0.2) is 17.1 Å². The fourth-order valence-corrected chi connectivity index (χ4v) is 2.72. The minimum atomic E-state index is -1.78. The Labute approximate surface area is 186 Å². The van der Waals surface area contributed by atoms with Crippen molar-refractivity contribution in [1.82, 2.24) is 10.7 Å². The number of hydrogen-bond donors (Lipinski definition) is 5. The molecule has 0 aliphatic rings. The number of carbonyl (C=O) groups is 3. The lowest BCUT2D eigenvalue weighted by atomic mass is 9.74. The van der Waals surface area contributed by atoms with Gasteiger partial charge in [0.1, 0.15) is 0 Å². The van der Waals surface area contributed by atoms with Crippen molar-refractivity contribution >= 4 is 30.7 Å². The van der Waals surface area contributed by atoms with Crippen molar-refractivity contribution in [3.63, 3.8) is 0 Å². The quantitative estimate of drug-likeness (QED) is 0.0299. The molecule has 0 spiro atoms. The number of nitrogens with zero attached hydrogens (tertiary/aromatic N) is 2. The fourth-order valence-electron chi connectivity index (χ4n) is 2.72. The molecular formula is C18H32BN5O8. The molecule has 0 aromatic rings. The van der Waals surface area contributed by atoms with E-state index in [1.807, 2.05) is 13.8 Å². The van der Waals surface area contributed by atoms with Crippen LogP contribution in [-0.2, 0) is 19.1 Å². The van der Waals surface area contributed by atoms with Gasteiger partial charge in [-0.15, -0.1) is 0 Å². The molecule has 13 nitrogen and oxygen atoms in total. The first-order valence-corrected chi connectivity index (χ1v) is 10.2. The Kier molecular flexibility index (Phi) is 14.3. The van der Waals surface area contributed by atoms with E-state index in [4.69, 9.17) is 10.5 Å². The molecule has 0 unspecified atom stereocenters. The van der Waals surface area contributed by atoms with Crippen LogP contribution in [0.2, 0.25) is 0 Å². The maximum absolute atomic E-state index is 12.7. The van der Waals surface area contributed by atoms with Crippen LogP contribution in [0.25, 0.3) is 0 Å². The summed E-state index contributed by atoms with van der Waals surface area (Å²) in [5, 5.41) is 31.1. The van der Waals surface area contributed by atoms with E-state index in [9.17, 15) is 34.5 Å². The first kappa shape index (κ1) is 29.0. The van der Waals surface area contributed by atoms with Crippen LogP contribution in [0.3, 0.4) is 0 Å². The summed E-state index contributed by atoms with van der Waals surface area (Å²) < 4.78 is 4.70. The molecular weight excluding hydrogens is 425 g/mol. The number of aliphatic imine (C=N–C) groups is 1. The van der Waals surface area contributed by atoms with E-state index in [1.54, 1.807) is 12.3 Å². The largest absolute Gasteiger partial charge is 0.475 e. The van der Waals surface area contributed by atoms with Crippen LogP contribution in [0.4, 0.5) is 0 Å². The lowest BCUT2D eigenvalue weighted by Gasteiger charge is -2.23. The van der Waals surface area contributed by atoms with Crippen LogP contribution in [0.1, 0.15) is 46.5 Å². The van der Waals surface area contributed by atoms with Gasteiger partial charge in [-0.05, 0) is 38.2 Å². The number of ketones is 1. The second-order valence-electron chi connectivity index (χ2n) is 7.39. The van der Waals surface area contributed by atoms with Gasteiger partial charge >= 0.3 is 13.1 Å². The number of hydrazine groups is 1. The van der Waals surface area contributed by atoms with E-state index in [2.05, 4.69) is 10.3 Å². The third-order valence-corrected chi connectivity index (χ3v) is 4.12. The molecule has 0 aliphatic heterocycles. The molecule has 0 saturated carbocycles. The summed E-state index contributed by atoms with van der Waals surface area (Å²) in [6.07, 6.45) is 2.47. The van der Waals surface area contributed by atoms with Crippen LogP contribution in [-0.4, -0.2) is 64.9 Å². The number of nitro groups is 1. The van der Waals surface area contributed by atoms with Gasteiger partial charge in [0, 0.05) is 25.0 Å². The summed E-state index contributed by atoms with van der Waals surface area (Å²) >= 11 is 0. The highest BCUT2D eigenvalue weighted by Crippen LogP contribution is 2.15. The molecule has 0 saturated heterocycles. The molecule has 0 radical (unpaired) electrons. The number of allylic oxidation sites excluding steroid dienone is 1. The average molecular weight is 457 g/mol. The van der Waals surface area contributed by atoms with E-state index >= 15 is 0 Å². The summed E-state index contributed by atoms with van der Waals surface area (Å²) in [6, 6.07) is 0. The van der Waals surface area contributed by atoms with E-state index in [0.29, 0.717) is 6.42 Å². The number of hydrogen-bond acceptors (Lipinski definition) is 9. The maximum Gasteiger partial charge on any atom is 0.475 e. The minimum absolute atomic E-state index is 0.0569. The summed E-state index contributed by atoms with van der Waals surface area (Å²) in [7, 11) is -1.78. The van der Waals surface area contributed by atoms with Crippen molar-refractivity contribution in [1.29, 1.82) is 0 Å². The van der Waals surface area contributed by atoms with Gasteiger partial charge in [-0.25, -0.2) is 19.9 Å². The summed E-state index contributed by atoms with van der Waals surface area (Å²) in [5.41, 5.74) is 7.01. The minimum Gasteiger partial charge on any atom is -0.463 e. The predicted octanol–water partition coefficient (Wildman–Crippen LogP) is -0.900. The molecule has 6 N–H and O–H groups in total. The Morgan fingerprint density at radius 2 is 1.94 bits per heavy atom. The highest BCUT2D eigenvalue weighted by atomic mass is 16.7. The Bertz CT molecular complexity index is 699. The molecule has 0 aromatic heterocycles. The number of ether oxygens (including phenoxy) is 1. The van der Waals surface area contributed by atoms with Crippen molar-refractivity contribution in [2.24, 2.45) is 22.6 Å². The predicted molar refractivity (Wildman–Crippen MR) is 116 cm³/mol. The molecule has 0 fully saturated rings. The van der Waals surface area contributed by atoms with Gasteiger partial charge in [-0.1, -0.05) is 19.3 Å². The van der Waals surface area contributed by atoms with Gasteiger partial charge in [-0.2, -0.15) is 0 Å².